The predicted octanol–water partition coefficient (Wildman–Crippen LogP) is 2.17. The van der Waals surface area contributed by atoms with E-state index in [9.17, 15) is 9.59 Å². The number of rotatable bonds is 3. The zero-order valence-corrected chi connectivity index (χ0v) is 11.3. The number of carboxylic acid groups (broad SMARTS) is 1. The molecule has 1 aromatic rings. The number of nitrogens with zero attached hydrogens (tertiary/aromatic N) is 1. The van der Waals surface area contributed by atoms with Crippen molar-refractivity contribution in [3.8, 4) is 0 Å². The lowest BCUT2D eigenvalue weighted by Crippen LogP contribution is -2.44. The molecule has 0 bridgehead atoms. The van der Waals surface area contributed by atoms with Crippen LogP contribution in [0.2, 0.25) is 0 Å². The summed E-state index contributed by atoms with van der Waals surface area (Å²) in [4.78, 5) is 24.3. The zero-order valence-electron chi connectivity index (χ0n) is 10.5. The Morgan fingerprint density at radius 3 is 2.74 bits per heavy atom. The van der Waals surface area contributed by atoms with E-state index in [1.165, 1.54) is 16.7 Å². The molecule has 1 aliphatic heterocycles. The van der Waals surface area contributed by atoms with Gasteiger partial charge < -0.3 is 9.84 Å². The minimum atomic E-state index is -0.992. The van der Waals surface area contributed by atoms with Gasteiger partial charge in [0.05, 0.1) is 5.37 Å². The molecule has 19 heavy (non-hydrogen) atoms. The van der Waals surface area contributed by atoms with Crippen LogP contribution in [-0.2, 0) is 16.1 Å². The van der Waals surface area contributed by atoms with Crippen LogP contribution in [0, 0.1) is 0 Å². The molecule has 2 unspecified atom stereocenters. The number of thioether (sulfide) groups is 1. The summed E-state index contributed by atoms with van der Waals surface area (Å²) in [5.74, 6) is -0.592. The molecule has 6 heteroatoms. The molecule has 1 saturated heterocycles. The van der Waals surface area contributed by atoms with Gasteiger partial charge in [0.2, 0.25) is 0 Å². The van der Waals surface area contributed by atoms with Crippen molar-refractivity contribution in [2.45, 2.75) is 24.9 Å². The van der Waals surface area contributed by atoms with Gasteiger partial charge in [-0.2, -0.15) is 0 Å². The number of hydrogen-bond donors (Lipinski definition) is 1. The van der Waals surface area contributed by atoms with Crippen LogP contribution >= 0.6 is 11.8 Å². The lowest BCUT2D eigenvalue weighted by molar-refractivity contribution is -0.141. The molecule has 1 aromatic carbocycles. The third-order valence-corrected chi connectivity index (χ3v) is 4.14. The third kappa shape index (κ3) is 3.20. The Morgan fingerprint density at radius 1 is 1.42 bits per heavy atom. The maximum Gasteiger partial charge on any atom is 0.411 e. The minimum Gasteiger partial charge on any atom is -0.480 e. The van der Waals surface area contributed by atoms with Crippen LogP contribution in [0.3, 0.4) is 0 Å². The Kier molecular flexibility index (Phi) is 4.31. The van der Waals surface area contributed by atoms with Gasteiger partial charge in [-0.05, 0) is 12.5 Å². The van der Waals surface area contributed by atoms with Crippen LogP contribution in [0.25, 0.3) is 0 Å². The molecule has 1 N–H and O–H groups in total. The highest BCUT2D eigenvalue weighted by atomic mass is 32.2. The molecule has 0 saturated carbocycles. The van der Waals surface area contributed by atoms with Crippen molar-refractivity contribution in [2.75, 3.05) is 5.75 Å². The number of ether oxygens (including phenoxy) is 1. The molecule has 1 heterocycles. The second kappa shape index (κ2) is 5.97. The third-order valence-electron chi connectivity index (χ3n) is 2.92. The molecule has 0 radical (unpaired) electrons. The van der Waals surface area contributed by atoms with Crippen molar-refractivity contribution in [1.29, 1.82) is 0 Å². The van der Waals surface area contributed by atoms with Crippen molar-refractivity contribution in [3.63, 3.8) is 0 Å². The highest BCUT2D eigenvalue weighted by Crippen LogP contribution is 2.29. The molecular weight excluding hydrogens is 266 g/mol. The van der Waals surface area contributed by atoms with E-state index in [1.807, 2.05) is 30.3 Å². The van der Waals surface area contributed by atoms with Crippen molar-refractivity contribution >= 4 is 23.8 Å². The quantitative estimate of drug-likeness (QED) is 0.919. The fraction of sp³-hybridized carbons (Fsp3) is 0.385. The Balaban J connectivity index is 1.97. The Bertz CT molecular complexity index is 465. The molecule has 0 aliphatic carbocycles. The smallest absolute Gasteiger partial charge is 0.411 e. The van der Waals surface area contributed by atoms with E-state index >= 15 is 0 Å². The number of aliphatic carboxylic acids is 1. The van der Waals surface area contributed by atoms with Gasteiger partial charge in [-0.25, -0.2) is 9.59 Å². The lowest BCUT2D eigenvalue weighted by atomic mass is 10.2. The van der Waals surface area contributed by atoms with Crippen LogP contribution in [-0.4, -0.2) is 39.2 Å². The predicted molar refractivity (Wildman–Crippen MR) is 71.8 cm³/mol. The molecular formula is C13H15NO4S. The second-order valence-corrected chi connectivity index (χ2v) is 5.58. The van der Waals surface area contributed by atoms with Crippen LogP contribution in [0.1, 0.15) is 12.5 Å². The van der Waals surface area contributed by atoms with Crippen LogP contribution < -0.4 is 0 Å². The first kappa shape index (κ1) is 13.7. The second-order valence-electron chi connectivity index (χ2n) is 4.23. The highest BCUT2D eigenvalue weighted by Gasteiger charge is 2.40. The average Bonchev–Trinajstić information content (AvgIpc) is 2.79. The first-order valence-electron chi connectivity index (χ1n) is 5.93. The fourth-order valence-electron chi connectivity index (χ4n) is 1.90. The Hall–Kier alpha value is -1.69. The molecule has 5 nitrogen and oxygen atoms in total. The van der Waals surface area contributed by atoms with Crippen molar-refractivity contribution < 1.29 is 19.4 Å². The van der Waals surface area contributed by atoms with Gasteiger partial charge in [0.1, 0.15) is 12.6 Å². The molecule has 2 atom stereocenters. The van der Waals surface area contributed by atoms with Gasteiger partial charge in [0.25, 0.3) is 0 Å². The van der Waals surface area contributed by atoms with E-state index in [0.29, 0.717) is 5.75 Å². The Morgan fingerprint density at radius 2 is 2.11 bits per heavy atom. The number of benzene rings is 1. The summed E-state index contributed by atoms with van der Waals surface area (Å²) in [5, 5.41) is 8.90. The maximum atomic E-state index is 12.0. The number of carboxylic acids is 1. The monoisotopic (exact) mass is 281 g/mol. The van der Waals surface area contributed by atoms with E-state index < -0.39 is 18.1 Å². The standard InChI is InChI=1S/C13H15NO4S/c1-9-14(11(8-19-9)12(15)16)13(17)18-7-10-5-3-2-4-6-10/h2-6,9,11H,7-8H2,1H3,(H,15,16). The highest BCUT2D eigenvalue weighted by molar-refractivity contribution is 8.00. The van der Waals surface area contributed by atoms with Gasteiger partial charge in [0, 0.05) is 5.75 Å². The SMILES string of the molecule is CC1SCC(C(=O)O)N1C(=O)OCc1ccccc1. The van der Waals surface area contributed by atoms with Crippen molar-refractivity contribution in [1.82, 2.24) is 4.90 Å². The topological polar surface area (TPSA) is 66.8 Å². The van der Waals surface area contributed by atoms with E-state index in [1.54, 1.807) is 6.92 Å². The molecule has 0 spiro atoms. The van der Waals surface area contributed by atoms with Gasteiger partial charge in [-0.1, -0.05) is 30.3 Å². The van der Waals surface area contributed by atoms with E-state index in [-0.39, 0.29) is 12.0 Å². The van der Waals surface area contributed by atoms with Gasteiger partial charge in [0.15, 0.2) is 0 Å². The summed E-state index contributed by atoms with van der Waals surface area (Å²) >= 11 is 1.44. The normalized spacial score (nSPS) is 22.3. The van der Waals surface area contributed by atoms with Crippen molar-refractivity contribution in [2.24, 2.45) is 0 Å². The molecule has 1 amide bonds. The largest absolute Gasteiger partial charge is 0.480 e. The molecule has 1 fully saturated rings. The first-order chi connectivity index (χ1) is 9.09. The zero-order chi connectivity index (χ0) is 13.8. The summed E-state index contributed by atoms with van der Waals surface area (Å²) < 4.78 is 5.17. The summed E-state index contributed by atoms with van der Waals surface area (Å²) in [5.41, 5.74) is 0.877. The van der Waals surface area contributed by atoms with Crippen molar-refractivity contribution in [3.05, 3.63) is 35.9 Å². The molecule has 2 rings (SSSR count). The van der Waals surface area contributed by atoms with E-state index in [4.69, 9.17) is 9.84 Å². The first-order valence-corrected chi connectivity index (χ1v) is 6.98. The summed E-state index contributed by atoms with van der Waals surface area (Å²) in [6.07, 6.45) is -0.575. The summed E-state index contributed by atoms with van der Waals surface area (Å²) in [7, 11) is 0. The number of amides is 1. The van der Waals surface area contributed by atoms with Crippen LogP contribution in [0.5, 0.6) is 0 Å². The van der Waals surface area contributed by atoms with Gasteiger partial charge in [-0.15, -0.1) is 11.8 Å². The minimum absolute atomic E-state index is 0.153. The maximum absolute atomic E-state index is 12.0. The van der Waals surface area contributed by atoms with Crippen LogP contribution in [0.4, 0.5) is 4.79 Å². The average molecular weight is 281 g/mol. The summed E-state index contributed by atoms with van der Waals surface area (Å²) in [6, 6.07) is 8.50. The molecule has 1 aliphatic rings. The number of carbonyl (C=O) groups excluding carboxylic acids is 1. The Labute approximate surface area is 115 Å². The van der Waals surface area contributed by atoms with Crippen LogP contribution in [0.15, 0.2) is 30.3 Å². The summed E-state index contributed by atoms with van der Waals surface area (Å²) in [6.45, 7) is 1.96. The number of carbonyl (C=O) groups is 2. The van der Waals surface area contributed by atoms with E-state index in [0.717, 1.165) is 5.56 Å². The lowest BCUT2D eigenvalue weighted by Gasteiger charge is -2.24. The van der Waals surface area contributed by atoms with Gasteiger partial charge in [-0.3, -0.25) is 4.90 Å². The number of hydrogen-bond acceptors (Lipinski definition) is 4. The molecule has 102 valence electrons. The van der Waals surface area contributed by atoms with Gasteiger partial charge >= 0.3 is 12.1 Å². The fourth-order valence-corrected chi connectivity index (χ4v) is 3.06. The van der Waals surface area contributed by atoms with E-state index in [2.05, 4.69) is 0 Å². The molecule has 0 aromatic heterocycles.